The number of ketones is 1. The summed E-state index contributed by atoms with van der Waals surface area (Å²) in [6.45, 7) is 1.96. The van der Waals surface area contributed by atoms with Gasteiger partial charge in [-0.3, -0.25) is 9.59 Å². The molecule has 0 saturated carbocycles. The molecule has 1 atom stereocenters. The van der Waals surface area contributed by atoms with Crippen LogP contribution in [0.15, 0.2) is 22.7 Å². The van der Waals surface area contributed by atoms with E-state index in [9.17, 15) is 14.0 Å². The number of unbranched alkanes of at least 4 members (excludes halogenated alkanes) is 1. The Labute approximate surface area is 120 Å². The number of hydrogen-bond acceptors (Lipinski definition) is 3. The molecule has 1 aromatic rings. The van der Waals surface area contributed by atoms with Crippen molar-refractivity contribution in [2.45, 2.75) is 26.2 Å². The molecule has 1 unspecified atom stereocenters. The first-order valence-electron chi connectivity index (χ1n) is 6.08. The Bertz CT molecular complexity index is 474. The largest absolute Gasteiger partial charge is 0.468 e. The lowest BCUT2D eigenvalue weighted by atomic mass is 9.92. The van der Waals surface area contributed by atoms with Gasteiger partial charge in [-0.1, -0.05) is 35.7 Å². The van der Waals surface area contributed by atoms with Crippen molar-refractivity contribution in [2.24, 2.45) is 5.92 Å². The van der Waals surface area contributed by atoms with Gasteiger partial charge >= 0.3 is 5.97 Å². The van der Waals surface area contributed by atoms with Crippen LogP contribution in [0, 0.1) is 11.7 Å². The fourth-order valence-corrected chi connectivity index (χ4v) is 2.12. The third kappa shape index (κ3) is 4.13. The normalized spacial score (nSPS) is 12.0. The first-order valence-corrected chi connectivity index (χ1v) is 6.87. The number of halogens is 2. The zero-order valence-corrected chi connectivity index (χ0v) is 12.5. The zero-order valence-electron chi connectivity index (χ0n) is 10.9. The molecule has 3 nitrogen and oxygen atoms in total. The van der Waals surface area contributed by atoms with Crippen LogP contribution in [-0.2, 0) is 9.53 Å². The molecule has 0 spiro atoms. The molecule has 0 bridgehead atoms. The molecule has 0 aromatic heterocycles. The van der Waals surface area contributed by atoms with E-state index in [1.807, 2.05) is 6.92 Å². The summed E-state index contributed by atoms with van der Waals surface area (Å²) in [5.41, 5.74) is -0.0743. The Balaban J connectivity index is 3.01. The van der Waals surface area contributed by atoms with Gasteiger partial charge in [0.25, 0.3) is 0 Å². The monoisotopic (exact) mass is 330 g/mol. The van der Waals surface area contributed by atoms with Gasteiger partial charge in [-0.15, -0.1) is 0 Å². The average Bonchev–Trinajstić information content (AvgIpc) is 2.38. The molecule has 19 heavy (non-hydrogen) atoms. The summed E-state index contributed by atoms with van der Waals surface area (Å²) in [7, 11) is 1.23. The highest BCUT2D eigenvalue weighted by atomic mass is 79.9. The molecule has 1 aromatic carbocycles. The van der Waals surface area contributed by atoms with Crippen LogP contribution in [0.5, 0.6) is 0 Å². The van der Waals surface area contributed by atoms with Gasteiger partial charge in [0.2, 0.25) is 0 Å². The van der Waals surface area contributed by atoms with Gasteiger partial charge in [0.15, 0.2) is 5.78 Å². The number of ether oxygens (including phenoxy) is 1. The van der Waals surface area contributed by atoms with E-state index < -0.39 is 23.5 Å². The number of rotatable bonds is 6. The lowest BCUT2D eigenvalue weighted by molar-refractivity contribution is -0.143. The summed E-state index contributed by atoms with van der Waals surface area (Å²) >= 11 is 3.12. The first-order chi connectivity index (χ1) is 9.01. The van der Waals surface area contributed by atoms with Gasteiger partial charge in [-0.25, -0.2) is 4.39 Å². The maximum Gasteiger partial charge on any atom is 0.316 e. The highest BCUT2D eigenvalue weighted by Gasteiger charge is 2.29. The van der Waals surface area contributed by atoms with Gasteiger partial charge in [-0.05, 0) is 24.6 Å². The summed E-state index contributed by atoms with van der Waals surface area (Å²) in [6, 6.07) is 4.16. The predicted molar refractivity (Wildman–Crippen MR) is 73.5 cm³/mol. The van der Waals surface area contributed by atoms with Crippen LogP contribution in [0.4, 0.5) is 4.39 Å². The molecule has 5 heteroatoms. The summed E-state index contributed by atoms with van der Waals surface area (Å²) in [5.74, 6) is -2.70. The number of carbonyl (C=O) groups excluding carboxylic acids is 2. The lowest BCUT2D eigenvalue weighted by Gasteiger charge is -2.13. The number of carbonyl (C=O) groups is 2. The van der Waals surface area contributed by atoms with Gasteiger partial charge < -0.3 is 4.74 Å². The Morgan fingerprint density at radius 2 is 2.11 bits per heavy atom. The van der Waals surface area contributed by atoms with Crippen LogP contribution < -0.4 is 0 Å². The van der Waals surface area contributed by atoms with Crippen LogP contribution in [0.3, 0.4) is 0 Å². The number of methoxy groups -OCH3 is 1. The Hall–Kier alpha value is -1.23. The Morgan fingerprint density at radius 1 is 1.42 bits per heavy atom. The maximum atomic E-state index is 13.7. The van der Waals surface area contributed by atoms with Crippen LogP contribution in [0.2, 0.25) is 0 Å². The molecule has 0 aliphatic heterocycles. The number of hydrogen-bond donors (Lipinski definition) is 0. The van der Waals surface area contributed by atoms with E-state index in [1.54, 1.807) is 6.07 Å². The number of benzene rings is 1. The van der Waals surface area contributed by atoms with Gasteiger partial charge in [0.05, 0.1) is 12.7 Å². The van der Waals surface area contributed by atoms with E-state index in [-0.39, 0.29) is 5.56 Å². The quantitative estimate of drug-likeness (QED) is 0.453. The molecule has 104 valence electrons. The minimum absolute atomic E-state index is 0.0743. The van der Waals surface area contributed by atoms with Gasteiger partial charge in [0, 0.05) is 4.47 Å². The van der Waals surface area contributed by atoms with Crippen molar-refractivity contribution < 1.29 is 18.7 Å². The molecule has 0 N–H and O–H groups in total. The highest BCUT2D eigenvalue weighted by molar-refractivity contribution is 9.10. The SMILES string of the molecule is CCCCC(C(=O)OC)C(=O)c1ccc(Br)cc1F. The van der Waals surface area contributed by atoms with Crippen molar-refractivity contribution in [3.05, 3.63) is 34.1 Å². The fourth-order valence-electron chi connectivity index (χ4n) is 1.78. The van der Waals surface area contributed by atoms with Crippen molar-refractivity contribution >= 4 is 27.7 Å². The summed E-state index contributed by atoms with van der Waals surface area (Å²) < 4.78 is 18.9. The van der Waals surface area contributed by atoms with E-state index >= 15 is 0 Å². The standard InChI is InChI=1S/C14H16BrFO3/c1-3-4-5-11(14(18)19-2)13(17)10-7-6-9(15)8-12(10)16/h6-8,11H,3-5H2,1-2H3. The molecule has 0 amide bonds. The predicted octanol–water partition coefficient (Wildman–Crippen LogP) is 3.75. The van der Waals surface area contributed by atoms with Crippen LogP contribution in [0.1, 0.15) is 36.5 Å². The van der Waals surface area contributed by atoms with Crippen molar-refractivity contribution in [2.75, 3.05) is 7.11 Å². The minimum atomic E-state index is -0.930. The minimum Gasteiger partial charge on any atom is -0.468 e. The molecule has 0 saturated heterocycles. The second kappa shape index (κ2) is 7.38. The molecule has 1 rings (SSSR count). The summed E-state index contributed by atoms with van der Waals surface area (Å²) in [6.07, 6.45) is 1.94. The second-order valence-electron chi connectivity index (χ2n) is 4.21. The summed E-state index contributed by atoms with van der Waals surface area (Å²) in [5, 5.41) is 0. The van der Waals surface area contributed by atoms with Crippen LogP contribution in [-0.4, -0.2) is 18.9 Å². The average molecular weight is 331 g/mol. The first kappa shape index (κ1) is 15.8. The van der Waals surface area contributed by atoms with E-state index in [0.717, 1.165) is 6.42 Å². The molecule has 0 aliphatic rings. The van der Waals surface area contributed by atoms with Crippen LogP contribution in [0.25, 0.3) is 0 Å². The van der Waals surface area contributed by atoms with E-state index in [4.69, 9.17) is 0 Å². The zero-order chi connectivity index (χ0) is 14.4. The fraction of sp³-hybridized carbons (Fsp3) is 0.429. The van der Waals surface area contributed by atoms with E-state index in [1.165, 1.54) is 19.2 Å². The smallest absolute Gasteiger partial charge is 0.316 e. The van der Waals surface area contributed by atoms with Crippen molar-refractivity contribution in [3.63, 3.8) is 0 Å². The molecule has 0 radical (unpaired) electrons. The third-order valence-corrected chi connectivity index (χ3v) is 3.34. The van der Waals surface area contributed by atoms with Crippen molar-refractivity contribution in [1.82, 2.24) is 0 Å². The highest BCUT2D eigenvalue weighted by Crippen LogP contribution is 2.21. The van der Waals surface area contributed by atoms with E-state index in [2.05, 4.69) is 20.7 Å². The maximum absolute atomic E-state index is 13.7. The topological polar surface area (TPSA) is 43.4 Å². The molecule has 0 fully saturated rings. The number of esters is 1. The van der Waals surface area contributed by atoms with Gasteiger partial charge in [-0.2, -0.15) is 0 Å². The summed E-state index contributed by atoms with van der Waals surface area (Å²) in [4.78, 5) is 23.9. The molecular weight excluding hydrogens is 315 g/mol. The second-order valence-corrected chi connectivity index (χ2v) is 5.12. The Morgan fingerprint density at radius 3 is 2.63 bits per heavy atom. The molecular formula is C14H16BrFO3. The molecule has 0 aliphatic carbocycles. The third-order valence-electron chi connectivity index (χ3n) is 2.85. The molecule has 0 heterocycles. The lowest BCUT2D eigenvalue weighted by Crippen LogP contribution is -2.26. The van der Waals surface area contributed by atoms with E-state index in [0.29, 0.717) is 17.3 Å². The van der Waals surface area contributed by atoms with Gasteiger partial charge in [0.1, 0.15) is 11.7 Å². The number of Topliss-reactive ketones (excluding diaryl/α,β-unsaturated/α-hetero) is 1. The Kier molecular flexibility index (Phi) is 6.15. The van der Waals surface area contributed by atoms with Crippen molar-refractivity contribution in [1.29, 1.82) is 0 Å². The van der Waals surface area contributed by atoms with Crippen molar-refractivity contribution in [3.8, 4) is 0 Å². The van der Waals surface area contributed by atoms with Crippen LogP contribution >= 0.6 is 15.9 Å².